The number of likely N-dealkylation sites (N-methyl/N-ethyl adjacent to an activating group) is 1. The van der Waals surface area contributed by atoms with Gasteiger partial charge in [-0.05, 0) is 39.3 Å². The van der Waals surface area contributed by atoms with Gasteiger partial charge in [0.25, 0.3) is 0 Å². The first-order valence-electron chi connectivity index (χ1n) is 6.70. The molecule has 1 fully saturated rings. The molecule has 1 atom stereocenters. The number of hydrogen-bond acceptors (Lipinski definition) is 4. The van der Waals surface area contributed by atoms with E-state index < -0.39 is 0 Å². The summed E-state index contributed by atoms with van der Waals surface area (Å²) in [6.07, 6.45) is 5.26. The number of unbranched alkanes of at least 4 members (excludes halogenated alkanes) is 1. The van der Waals surface area contributed by atoms with Gasteiger partial charge in [0.2, 0.25) is 5.91 Å². The van der Waals surface area contributed by atoms with Crippen LogP contribution in [0, 0.1) is 0 Å². The normalized spacial score (nSPS) is 20.4. The van der Waals surface area contributed by atoms with Crippen LogP contribution in [-0.4, -0.2) is 50.1 Å². The molecule has 1 saturated heterocycles. The zero-order valence-electron chi connectivity index (χ0n) is 11.4. The van der Waals surface area contributed by atoms with Crippen LogP contribution in [0.4, 0.5) is 0 Å². The van der Waals surface area contributed by atoms with Crippen molar-refractivity contribution in [1.82, 2.24) is 10.2 Å². The number of carbonyl (C=O) groups excluding carboxylic acids is 2. The summed E-state index contributed by atoms with van der Waals surface area (Å²) < 4.78 is 4.55. The first kappa shape index (κ1) is 15.0. The third kappa shape index (κ3) is 5.04. The Morgan fingerprint density at radius 1 is 1.33 bits per heavy atom. The van der Waals surface area contributed by atoms with Gasteiger partial charge in [-0.2, -0.15) is 0 Å². The minimum Gasteiger partial charge on any atom is -0.469 e. The molecule has 0 aromatic rings. The summed E-state index contributed by atoms with van der Waals surface area (Å²) in [5.74, 6) is -0.0661. The molecule has 0 aromatic carbocycles. The monoisotopic (exact) mass is 256 g/mol. The van der Waals surface area contributed by atoms with Gasteiger partial charge in [0.1, 0.15) is 0 Å². The Morgan fingerprint density at radius 2 is 2.11 bits per heavy atom. The van der Waals surface area contributed by atoms with Gasteiger partial charge in [0, 0.05) is 13.0 Å². The molecule has 0 aromatic heterocycles. The number of methoxy groups -OCH3 is 1. The van der Waals surface area contributed by atoms with Crippen LogP contribution in [0.15, 0.2) is 0 Å². The highest BCUT2D eigenvalue weighted by molar-refractivity contribution is 5.81. The third-order valence-corrected chi connectivity index (χ3v) is 3.41. The lowest BCUT2D eigenvalue weighted by Crippen LogP contribution is -2.47. The average Bonchev–Trinajstić information content (AvgIpc) is 2.38. The molecule has 1 amide bonds. The molecular formula is C13H24N2O3. The topological polar surface area (TPSA) is 58.6 Å². The van der Waals surface area contributed by atoms with Crippen LogP contribution in [0.5, 0.6) is 0 Å². The third-order valence-electron chi connectivity index (χ3n) is 3.41. The fourth-order valence-electron chi connectivity index (χ4n) is 2.23. The van der Waals surface area contributed by atoms with Crippen LogP contribution in [0.25, 0.3) is 0 Å². The molecule has 5 nitrogen and oxygen atoms in total. The molecular weight excluding hydrogens is 232 g/mol. The summed E-state index contributed by atoms with van der Waals surface area (Å²) in [6.45, 7) is 1.64. The highest BCUT2D eigenvalue weighted by atomic mass is 16.5. The Labute approximate surface area is 109 Å². The van der Waals surface area contributed by atoms with Crippen molar-refractivity contribution < 1.29 is 14.3 Å². The van der Waals surface area contributed by atoms with Gasteiger partial charge in [-0.1, -0.05) is 6.42 Å². The highest BCUT2D eigenvalue weighted by Gasteiger charge is 2.25. The van der Waals surface area contributed by atoms with E-state index in [2.05, 4.69) is 15.0 Å². The van der Waals surface area contributed by atoms with Gasteiger partial charge < -0.3 is 10.1 Å². The standard InChI is InChI=1S/C13H24N2O3/c1-15-10-6-4-7-11(15)13(17)14-9-5-3-8-12(16)18-2/h11H,3-10H2,1-2H3,(H,14,17). The molecule has 0 saturated carbocycles. The van der Waals surface area contributed by atoms with Gasteiger partial charge >= 0.3 is 5.97 Å². The van der Waals surface area contributed by atoms with Gasteiger partial charge in [0.05, 0.1) is 13.2 Å². The number of esters is 1. The predicted octanol–water partition coefficient (Wildman–Crippen LogP) is 0.930. The maximum absolute atomic E-state index is 11.9. The SMILES string of the molecule is COC(=O)CCCCNC(=O)C1CCCCN1C. The summed E-state index contributed by atoms with van der Waals surface area (Å²) in [7, 11) is 3.39. The molecule has 1 unspecified atom stereocenters. The number of nitrogens with one attached hydrogen (secondary N) is 1. The van der Waals surface area contributed by atoms with Crippen molar-refractivity contribution >= 4 is 11.9 Å². The second-order valence-electron chi connectivity index (χ2n) is 4.82. The van der Waals surface area contributed by atoms with Crippen LogP contribution < -0.4 is 5.32 Å². The van der Waals surface area contributed by atoms with E-state index in [1.54, 1.807) is 0 Å². The Kier molecular flexibility index (Phi) is 6.72. The van der Waals surface area contributed by atoms with Crippen LogP contribution in [0.1, 0.15) is 38.5 Å². The molecule has 1 aliphatic rings. The molecule has 0 spiro atoms. The number of carbonyl (C=O) groups is 2. The number of hydrogen-bond donors (Lipinski definition) is 1. The van der Waals surface area contributed by atoms with E-state index in [0.717, 1.165) is 32.2 Å². The lowest BCUT2D eigenvalue weighted by molar-refractivity contribution is -0.140. The zero-order chi connectivity index (χ0) is 13.4. The van der Waals surface area contributed by atoms with Crippen molar-refractivity contribution in [2.24, 2.45) is 0 Å². The van der Waals surface area contributed by atoms with Crippen LogP contribution in [0.2, 0.25) is 0 Å². The van der Waals surface area contributed by atoms with Crippen LogP contribution in [-0.2, 0) is 14.3 Å². The number of piperidine rings is 1. The second kappa shape index (κ2) is 8.08. The smallest absolute Gasteiger partial charge is 0.305 e. The molecule has 0 radical (unpaired) electrons. The molecule has 5 heteroatoms. The molecule has 1 aliphatic heterocycles. The Bertz CT molecular complexity index is 281. The molecule has 0 bridgehead atoms. The van der Waals surface area contributed by atoms with Crippen molar-refractivity contribution in [1.29, 1.82) is 0 Å². The molecule has 104 valence electrons. The van der Waals surface area contributed by atoms with E-state index in [1.165, 1.54) is 13.5 Å². The summed E-state index contributed by atoms with van der Waals surface area (Å²) in [4.78, 5) is 24.9. The van der Waals surface area contributed by atoms with Crippen molar-refractivity contribution in [2.75, 3.05) is 27.2 Å². The largest absolute Gasteiger partial charge is 0.469 e. The molecule has 1 N–H and O–H groups in total. The quantitative estimate of drug-likeness (QED) is 0.567. The highest BCUT2D eigenvalue weighted by Crippen LogP contribution is 2.14. The summed E-state index contributed by atoms with van der Waals surface area (Å²) in [6, 6.07) is 0.0272. The number of amides is 1. The van der Waals surface area contributed by atoms with E-state index in [4.69, 9.17) is 0 Å². The zero-order valence-corrected chi connectivity index (χ0v) is 11.4. The summed E-state index contributed by atoms with van der Waals surface area (Å²) in [5, 5.41) is 2.94. The summed E-state index contributed by atoms with van der Waals surface area (Å²) >= 11 is 0. The molecule has 1 heterocycles. The van der Waals surface area contributed by atoms with E-state index in [9.17, 15) is 9.59 Å². The van der Waals surface area contributed by atoms with Crippen molar-refractivity contribution in [2.45, 2.75) is 44.6 Å². The van der Waals surface area contributed by atoms with E-state index >= 15 is 0 Å². The van der Waals surface area contributed by atoms with Crippen molar-refractivity contribution in [3.05, 3.63) is 0 Å². The maximum atomic E-state index is 11.9. The van der Waals surface area contributed by atoms with E-state index in [0.29, 0.717) is 13.0 Å². The first-order valence-corrected chi connectivity index (χ1v) is 6.70. The first-order chi connectivity index (χ1) is 8.65. The predicted molar refractivity (Wildman–Crippen MR) is 69.1 cm³/mol. The van der Waals surface area contributed by atoms with E-state index in [-0.39, 0.29) is 17.9 Å². The lowest BCUT2D eigenvalue weighted by atomic mass is 10.0. The Balaban J connectivity index is 2.11. The number of rotatable bonds is 6. The maximum Gasteiger partial charge on any atom is 0.305 e. The van der Waals surface area contributed by atoms with Gasteiger partial charge in [-0.3, -0.25) is 14.5 Å². The second-order valence-corrected chi connectivity index (χ2v) is 4.82. The lowest BCUT2D eigenvalue weighted by Gasteiger charge is -2.31. The summed E-state index contributed by atoms with van der Waals surface area (Å²) in [5.41, 5.74) is 0. The van der Waals surface area contributed by atoms with Crippen molar-refractivity contribution in [3.8, 4) is 0 Å². The number of nitrogens with zero attached hydrogens (tertiary/aromatic N) is 1. The minimum atomic E-state index is -0.187. The fraction of sp³-hybridized carbons (Fsp3) is 0.846. The van der Waals surface area contributed by atoms with Crippen molar-refractivity contribution in [3.63, 3.8) is 0 Å². The fourth-order valence-corrected chi connectivity index (χ4v) is 2.23. The molecule has 18 heavy (non-hydrogen) atoms. The van der Waals surface area contributed by atoms with Gasteiger partial charge in [-0.25, -0.2) is 0 Å². The molecule has 1 rings (SSSR count). The Morgan fingerprint density at radius 3 is 2.78 bits per heavy atom. The molecule has 0 aliphatic carbocycles. The van der Waals surface area contributed by atoms with E-state index in [1.807, 2.05) is 7.05 Å². The van der Waals surface area contributed by atoms with Gasteiger partial charge in [-0.15, -0.1) is 0 Å². The van der Waals surface area contributed by atoms with Crippen LogP contribution >= 0.6 is 0 Å². The van der Waals surface area contributed by atoms with Gasteiger partial charge in [0.15, 0.2) is 0 Å². The average molecular weight is 256 g/mol. The van der Waals surface area contributed by atoms with Crippen LogP contribution in [0.3, 0.4) is 0 Å². The number of likely N-dealkylation sites (tertiary alicyclic amines) is 1. The Hall–Kier alpha value is -1.10. The number of ether oxygens (including phenoxy) is 1. The minimum absolute atomic E-state index is 0.0272.